The van der Waals surface area contributed by atoms with Crippen molar-refractivity contribution in [2.75, 3.05) is 14.2 Å². The molecule has 0 saturated carbocycles. The third-order valence-electron chi connectivity index (χ3n) is 2.89. The lowest BCUT2D eigenvalue weighted by atomic mass is 10.2. The van der Waals surface area contributed by atoms with E-state index in [1.165, 1.54) is 44.7 Å². The minimum Gasteiger partial charge on any atom is -0.497 e. The zero-order valence-electron chi connectivity index (χ0n) is 12.4. The second-order valence-electron chi connectivity index (χ2n) is 4.38. The molecule has 2 amide bonds. The van der Waals surface area contributed by atoms with Crippen LogP contribution in [-0.4, -0.2) is 31.0 Å². The molecule has 23 heavy (non-hydrogen) atoms. The number of nitrogens with one attached hydrogen (secondary N) is 2. The molecule has 0 aliphatic rings. The normalized spacial score (nSPS) is 9.87. The van der Waals surface area contributed by atoms with E-state index in [1.54, 1.807) is 6.07 Å². The van der Waals surface area contributed by atoms with Gasteiger partial charge in [-0.25, -0.2) is 4.98 Å². The average molecular weight is 336 g/mol. The van der Waals surface area contributed by atoms with Crippen molar-refractivity contribution < 1.29 is 19.1 Å². The number of ether oxygens (including phenoxy) is 2. The van der Waals surface area contributed by atoms with Gasteiger partial charge in [-0.3, -0.25) is 20.4 Å². The van der Waals surface area contributed by atoms with E-state index >= 15 is 0 Å². The number of halogens is 1. The van der Waals surface area contributed by atoms with E-state index < -0.39 is 11.8 Å². The van der Waals surface area contributed by atoms with Crippen LogP contribution in [0.4, 0.5) is 0 Å². The molecule has 0 spiro atoms. The Balaban J connectivity index is 2.04. The van der Waals surface area contributed by atoms with Crippen LogP contribution in [0.25, 0.3) is 0 Å². The highest BCUT2D eigenvalue weighted by Gasteiger charge is 2.12. The third-order valence-corrected chi connectivity index (χ3v) is 3.12. The summed E-state index contributed by atoms with van der Waals surface area (Å²) in [6.07, 6.45) is 1.30. The number of rotatable bonds is 4. The molecule has 8 heteroatoms. The predicted octanol–water partition coefficient (Wildman–Crippen LogP) is 1.83. The van der Waals surface area contributed by atoms with E-state index in [1.807, 2.05) is 0 Å². The first-order valence-corrected chi connectivity index (χ1v) is 6.86. The van der Waals surface area contributed by atoms with Gasteiger partial charge >= 0.3 is 0 Å². The number of aromatic nitrogens is 1. The molecule has 1 aromatic heterocycles. The standard InChI is InChI=1S/C15H14ClN3O4/c1-22-11-5-10(6-12(7-11)23-2)15(21)19-18-14(20)9-3-4-13(16)17-8-9/h3-8H,1-2H3,(H,18,20)(H,19,21). The summed E-state index contributed by atoms with van der Waals surface area (Å²) in [7, 11) is 2.96. The van der Waals surface area contributed by atoms with Gasteiger partial charge in [0, 0.05) is 17.8 Å². The van der Waals surface area contributed by atoms with Gasteiger partial charge in [0.2, 0.25) is 0 Å². The Hall–Kier alpha value is -2.80. The number of nitrogens with zero attached hydrogens (tertiary/aromatic N) is 1. The van der Waals surface area contributed by atoms with Crippen molar-refractivity contribution in [1.29, 1.82) is 0 Å². The largest absolute Gasteiger partial charge is 0.497 e. The Morgan fingerprint density at radius 1 is 0.957 bits per heavy atom. The van der Waals surface area contributed by atoms with E-state index in [9.17, 15) is 9.59 Å². The summed E-state index contributed by atoms with van der Waals surface area (Å²) in [5.41, 5.74) is 5.13. The van der Waals surface area contributed by atoms with Gasteiger partial charge in [0.15, 0.2) is 0 Å². The molecule has 0 bridgehead atoms. The van der Waals surface area contributed by atoms with Crippen LogP contribution in [0, 0.1) is 0 Å². The Bertz CT molecular complexity index is 697. The van der Waals surface area contributed by atoms with Crippen molar-refractivity contribution in [2.45, 2.75) is 0 Å². The maximum atomic E-state index is 12.1. The molecule has 0 unspecified atom stereocenters. The van der Waals surface area contributed by atoms with E-state index in [2.05, 4.69) is 15.8 Å². The zero-order valence-corrected chi connectivity index (χ0v) is 13.2. The van der Waals surface area contributed by atoms with Gasteiger partial charge in [-0.2, -0.15) is 0 Å². The lowest BCUT2D eigenvalue weighted by molar-refractivity contribution is 0.0846. The summed E-state index contributed by atoms with van der Waals surface area (Å²) in [5, 5.41) is 0.272. The number of hydrogen-bond donors (Lipinski definition) is 2. The average Bonchev–Trinajstić information content (AvgIpc) is 2.59. The molecular weight excluding hydrogens is 322 g/mol. The number of amides is 2. The first kappa shape index (κ1) is 16.6. The van der Waals surface area contributed by atoms with Crippen molar-refractivity contribution in [1.82, 2.24) is 15.8 Å². The molecule has 0 aliphatic carbocycles. The first-order valence-electron chi connectivity index (χ1n) is 6.49. The SMILES string of the molecule is COc1cc(OC)cc(C(=O)NNC(=O)c2ccc(Cl)nc2)c1. The molecule has 120 valence electrons. The number of benzene rings is 1. The van der Waals surface area contributed by atoms with E-state index in [4.69, 9.17) is 21.1 Å². The number of hydrogen-bond acceptors (Lipinski definition) is 5. The second kappa shape index (κ2) is 7.46. The van der Waals surface area contributed by atoms with Crippen molar-refractivity contribution >= 4 is 23.4 Å². The quantitative estimate of drug-likeness (QED) is 0.657. The highest BCUT2D eigenvalue weighted by molar-refractivity contribution is 6.29. The van der Waals surface area contributed by atoms with Gasteiger partial charge in [-0.15, -0.1) is 0 Å². The van der Waals surface area contributed by atoms with Gasteiger partial charge in [0.05, 0.1) is 19.8 Å². The lowest BCUT2D eigenvalue weighted by Gasteiger charge is -2.10. The summed E-state index contributed by atoms with van der Waals surface area (Å²) in [6.45, 7) is 0. The predicted molar refractivity (Wildman–Crippen MR) is 83.7 cm³/mol. The summed E-state index contributed by atoms with van der Waals surface area (Å²) >= 11 is 5.64. The highest BCUT2D eigenvalue weighted by Crippen LogP contribution is 2.22. The Morgan fingerprint density at radius 3 is 2.00 bits per heavy atom. The third kappa shape index (κ3) is 4.33. The minimum absolute atomic E-state index is 0.262. The maximum absolute atomic E-state index is 12.1. The van der Waals surface area contributed by atoms with Gasteiger partial charge in [0.1, 0.15) is 16.7 Å². The van der Waals surface area contributed by atoms with E-state index in [0.717, 1.165) is 0 Å². The monoisotopic (exact) mass is 335 g/mol. The highest BCUT2D eigenvalue weighted by atomic mass is 35.5. The van der Waals surface area contributed by atoms with Crippen LogP contribution in [0.1, 0.15) is 20.7 Å². The van der Waals surface area contributed by atoms with Gasteiger partial charge in [0.25, 0.3) is 11.8 Å². The summed E-state index contributed by atoms with van der Waals surface area (Å²) < 4.78 is 10.2. The fourth-order valence-corrected chi connectivity index (χ4v) is 1.82. The number of pyridine rings is 1. The Kier molecular flexibility index (Phi) is 5.37. The number of hydrazine groups is 1. The Morgan fingerprint density at radius 2 is 1.52 bits per heavy atom. The van der Waals surface area contributed by atoms with Crippen LogP contribution < -0.4 is 20.3 Å². The van der Waals surface area contributed by atoms with E-state index in [-0.39, 0.29) is 16.3 Å². The fourth-order valence-electron chi connectivity index (χ4n) is 1.71. The molecule has 0 aliphatic heterocycles. The van der Waals surface area contributed by atoms with Gasteiger partial charge in [-0.1, -0.05) is 11.6 Å². The molecule has 1 aromatic carbocycles. The van der Waals surface area contributed by atoms with Crippen LogP contribution in [-0.2, 0) is 0 Å². The Labute approximate surface area is 137 Å². The molecule has 2 N–H and O–H groups in total. The lowest BCUT2D eigenvalue weighted by Crippen LogP contribution is -2.41. The summed E-state index contributed by atoms with van der Waals surface area (Å²) in [6, 6.07) is 7.65. The van der Waals surface area contributed by atoms with Crippen molar-refractivity contribution in [3.8, 4) is 11.5 Å². The molecule has 1 heterocycles. The molecule has 2 rings (SSSR count). The number of methoxy groups -OCH3 is 2. The number of carbonyl (C=O) groups excluding carboxylic acids is 2. The van der Waals surface area contributed by atoms with E-state index in [0.29, 0.717) is 11.5 Å². The maximum Gasteiger partial charge on any atom is 0.271 e. The number of carbonyl (C=O) groups is 2. The van der Waals surface area contributed by atoms with Crippen molar-refractivity contribution in [2.24, 2.45) is 0 Å². The van der Waals surface area contributed by atoms with Crippen LogP contribution >= 0.6 is 11.6 Å². The van der Waals surface area contributed by atoms with Crippen LogP contribution in [0.3, 0.4) is 0 Å². The summed E-state index contributed by atoms with van der Waals surface area (Å²) in [4.78, 5) is 27.8. The topological polar surface area (TPSA) is 89.5 Å². The molecule has 0 fully saturated rings. The second-order valence-corrected chi connectivity index (χ2v) is 4.77. The molecule has 0 atom stereocenters. The minimum atomic E-state index is -0.516. The summed E-state index contributed by atoms with van der Waals surface area (Å²) in [5.74, 6) is -0.111. The van der Waals surface area contributed by atoms with Crippen LogP contribution in [0.15, 0.2) is 36.5 Å². The van der Waals surface area contributed by atoms with Crippen molar-refractivity contribution in [3.63, 3.8) is 0 Å². The molecular formula is C15H14ClN3O4. The smallest absolute Gasteiger partial charge is 0.271 e. The zero-order chi connectivity index (χ0) is 16.8. The van der Waals surface area contributed by atoms with Gasteiger partial charge < -0.3 is 9.47 Å². The fraction of sp³-hybridized carbons (Fsp3) is 0.133. The van der Waals surface area contributed by atoms with Gasteiger partial charge in [-0.05, 0) is 24.3 Å². The molecule has 7 nitrogen and oxygen atoms in total. The van der Waals surface area contributed by atoms with Crippen LogP contribution in [0.5, 0.6) is 11.5 Å². The first-order chi connectivity index (χ1) is 11.0. The molecule has 2 aromatic rings. The van der Waals surface area contributed by atoms with Crippen LogP contribution in [0.2, 0.25) is 5.15 Å². The molecule has 0 saturated heterocycles. The molecule has 0 radical (unpaired) electrons. The van der Waals surface area contributed by atoms with Crippen molar-refractivity contribution in [3.05, 3.63) is 52.8 Å².